The number of carbonyl (C=O) groups is 3. The highest BCUT2D eigenvalue weighted by Crippen LogP contribution is 2.18. The van der Waals surface area contributed by atoms with Crippen LogP contribution in [0.15, 0.2) is 28.7 Å². The van der Waals surface area contributed by atoms with E-state index in [0.717, 1.165) is 0 Å². The van der Waals surface area contributed by atoms with Crippen LogP contribution in [0.4, 0.5) is 0 Å². The molecule has 0 radical (unpaired) electrons. The van der Waals surface area contributed by atoms with Crippen molar-refractivity contribution in [3.63, 3.8) is 0 Å². The van der Waals surface area contributed by atoms with Gasteiger partial charge >= 0.3 is 25.0 Å². The molecule has 1 fully saturated rings. The van der Waals surface area contributed by atoms with Gasteiger partial charge in [-0.3, -0.25) is 14.5 Å². The van der Waals surface area contributed by atoms with Crippen LogP contribution in [0.1, 0.15) is 10.4 Å². The Bertz CT molecular complexity index is 795. The Morgan fingerprint density at radius 3 is 2.46 bits per heavy atom. The fourth-order valence-corrected chi connectivity index (χ4v) is 2.38. The van der Waals surface area contributed by atoms with Gasteiger partial charge < -0.3 is 18.5 Å². The topological polar surface area (TPSA) is 95.3 Å². The summed E-state index contributed by atoms with van der Waals surface area (Å²) in [6.07, 6.45) is 0. The van der Waals surface area contributed by atoms with Crippen LogP contribution in [0, 0.1) is 0 Å². The van der Waals surface area contributed by atoms with Gasteiger partial charge in [0.15, 0.2) is 5.66 Å². The molecular formula is C15H14BNO7. The molecule has 24 heavy (non-hydrogen) atoms. The number of likely N-dealkylation sites (N-methyl/N-ethyl adjacent to an activating group) is 1. The number of benzene rings is 1. The van der Waals surface area contributed by atoms with E-state index >= 15 is 0 Å². The number of furan rings is 1. The predicted molar refractivity (Wildman–Crippen MR) is 82.6 cm³/mol. The van der Waals surface area contributed by atoms with E-state index in [4.69, 9.17) is 13.7 Å². The van der Waals surface area contributed by atoms with Crippen LogP contribution in [0.5, 0.6) is 0 Å². The third kappa shape index (κ3) is 3.25. The lowest BCUT2D eigenvalue weighted by Gasteiger charge is -2.21. The van der Waals surface area contributed by atoms with Crippen molar-refractivity contribution in [2.24, 2.45) is 0 Å². The summed E-state index contributed by atoms with van der Waals surface area (Å²) in [7, 11) is 1.64. The lowest BCUT2D eigenvalue weighted by Crippen LogP contribution is -2.47. The quantitative estimate of drug-likeness (QED) is 0.558. The number of fused-ring (bicyclic) bond motifs is 1. The van der Waals surface area contributed by atoms with Gasteiger partial charge in [-0.05, 0) is 31.3 Å². The minimum absolute atomic E-state index is 0.0294. The molecule has 1 aliphatic rings. The van der Waals surface area contributed by atoms with Crippen LogP contribution in [0.25, 0.3) is 11.0 Å². The van der Waals surface area contributed by atoms with Gasteiger partial charge in [0.2, 0.25) is 0 Å². The Kier molecular flexibility index (Phi) is 4.26. The average Bonchev–Trinajstić information content (AvgIpc) is 2.94. The summed E-state index contributed by atoms with van der Waals surface area (Å²) in [6, 6.07) is 6.27. The summed E-state index contributed by atoms with van der Waals surface area (Å²) in [5, 5.41) is 0.596. The van der Waals surface area contributed by atoms with Gasteiger partial charge in [0, 0.05) is 5.39 Å². The van der Waals surface area contributed by atoms with Gasteiger partial charge in [-0.2, -0.15) is 0 Å². The monoisotopic (exact) mass is 331 g/mol. The Hall–Kier alpha value is -2.81. The zero-order chi connectivity index (χ0) is 17.3. The molecule has 0 atom stereocenters. The first-order chi connectivity index (χ1) is 11.5. The third-order valence-corrected chi connectivity index (χ3v) is 3.46. The second-order valence-corrected chi connectivity index (χ2v) is 5.38. The second kappa shape index (κ2) is 6.36. The molecule has 1 saturated heterocycles. The zero-order valence-electron chi connectivity index (χ0n) is 13.1. The largest absolute Gasteiger partial charge is 0.674 e. The Morgan fingerprint density at radius 2 is 1.83 bits per heavy atom. The zero-order valence-corrected chi connectivity index (χ0v) is 13.1. The summed E-state index contributed by atoms with van der Waals surface area (Å²) >= 11 is 0. The molecule has 0 spiro atoms. The molecule has 1 aromatic carbocycles. The van der Waals surface area contributed by atoms with Crippen molar-refractivity contribution in [2.75, 3.05) is 27.2 Å². The summed E-state index contributed by atoms with van der Waals surface area (Å²) in [5.74, 6) is -1.55. The maximum atomic E-state index is 11.8. The lowest BCUT2D eigenvalue weighted by atomic mass is 9.85. The highest BCUT2D eigenvalue weighted by atomic mass is 16.6. The van der Waals surface area contributed by atoms with Crippen molar-refractivity contribution in [1.82, 2.24) is 4.90 Å². The standard InChI is InChI=1S/C15H14BNO7/c1-17-7-13(18)23-16(24-14(19)8-17)12-6-10-5-9(15(20)21-2)3-4-11(10)22-12/h3-6H,7-8H2,1-2H3. The van der Waals surface area contributed by atoms with E-state index in [2.05, 4.69) is 4.74 Å². The number of esters is 1. The van der Waals surface area contributed by atoms with E-state index in [9.17, 15) is 14.4 Å². The number of carbonyl (C=O) groups excluding carboxylic acids is 3. The maximum Gasteiger partial charge on any atom is 0.674 e. The van der Waals surface area contributed by atoms with E-state index in [0.29, 0.717) is 16.5 Å². The molecule has 9 heteroatoms. The fraction of sp³-hybridized carbons (Fsp3) is 0.267. The molecule has 0 saturated carbocycles. The van der Waals surface area contributed by atoms with Crippen molar-refractivity contribution in [3.05, 3.63) is 29.8 Å². The van der Waals surface area contributed by atoms with Crippen LogP contribution >= 0.6 is 0 Å². The highest BCUT2D eigenvalue weighted by Gasteiger charge is 2.37. The van der Waals surface area contributed by atoms with Gasteiger partial charge in [-0.1, -0.05) is 0 Å². The molecule has 8 nitrogen and oxygen atoms in total. The molecule has 2 heterocycles. The first-order valence-corrected chi connectivity index (χ1v) is 7.15. The Labute approximate surface area is 137 Å². The number of rotatable bonds is 2. The maximum absolute atomic E-state index is 11.8. The van der Waals surface area contributed by atoms with Crippen molar-refractivity contribution in [1.29, 1.82) is 0 Å². The van der Waals surface area contributed by atoms with E-state index < -0.39 is 25.0 Å². The molecule has 0 N–H and O–H groups in total. The molecule has 2 aromatic rings. The second-order valence-electron chi connectivity index (χ2n) is 5.38. The molecule has 0 aliphatic carbocycles. The van der Waals surface area contributed by atoms with Crippen molar-refractivity contribution < 1.29 is 32.8 Å². The summed E-state index contributed by atoms with van der Waals surface area (Å²) < 4.78 is 20.5. The summed E-state index contributed by atoms with van der Waals surface area (Å²) in [6.45, 7) is -0.0589. The number of hydrogen-bond donors (Lipinski definition) is 0. The average molecular weight is 331 g/mol. The Balaban J connectivity index is 1.91. The molecule has 0 unspecified atom stereocenters. The molecular weight excluding hydrogens is 317 g/mol. The van der Waals surface area contributed by atoms with Gasteiger partial charge in [0.25, 0.3) is 0 Å². The van der Waals surface area contributed by atoms with Gasteiger partial charge in [0.1, 0.15) is 5.58 Å². The first kappa shape index (κ1) is 16.1. The first-order valence-electron chi connectivity index (χ1n) is 7.15. The van der Waals surface area contributed by atoms with Crippen LogP contribution in [0.2, 0.25) is 0 Å². The van der Waals surface area contributed by atoms with Gasteiger partial charge in [-0.15, -0.1) is 0 Å². The Morgan fingerprint density at radius 1 is 1.17 bits per heavy atom. The van der Waals surface area contributed by atoms with Crippen LogP contribution in [-0.4, -0.2) is 57.2 Å². The fourth-order valence-electron chi connectivity index (χ4n) is 2.38. The predicted octanol–water partition coefficient (Wildman–Crippen LogP) is -0.0536. The lowest BCUT2D eigenvalue weighted by molar-refractivity contribution is -0.145. The van der Waals surface area contributed by atoms with E-state index in [-0.39, 0.29) is 18.7 Å². The van der Waals surface area contributed by atoms with Crippen LogP contribution in [0.3, 0.4) is 0 Å². The molecule has 3 rings (SSSR count). The smallest absolute Gasteiger partial charge is 0.492 e. The van der Waals surface area contributed by atoms with Gasteiger partial charge in [0.05, 0.1) is 25.8 Å². The molecule has 0 bridgehead atoms. The normalized spacial score (nSPS) is 16.3. The summed E-state index contributed by atoms with van der Waals surface area (Å²) in [4.78, 5) is 36.6. The SMILES string of the molecule is COC(=O)c1ccc2oc(B3OC(=O)CN(C)CC(=O)O3)cc2c1. The molecule has 124 valence electrons. The highest BCUT2D eigenvalue weighted by molar-refractivity contribution is 6.63. The number of ether oxygens (including phenoxy) is 1. The molecule has 1 aromatic heterocycles. The van der Waals surface area contributed by atoms with E-state index in [1.54, 1.807) is 31.3 Å². The third-order valence-electron chi connectivity index (χ3n) is 3.46. The van der Waals surface area contributed by atoms with Crippen LogP contribution in [-0.2, 0) is 23.6 Å². The van der Waals surface area contributed by atoms with Crippen molar-refractivity contribution in [2.45, 2.75) is 0 Å². The van der Waals surface area contributed by atoms with E-state index in [1.807, 2.05) is 0 Å². The minimum atomic E-state index is -1.26. The van der Waals surface area contributed by atoms with E-state index in [1.165, 1.54) is 12.0 Å². The number of hydrogen-bond acceptors (Lipinski definition) is 8. The van der Waals surface area contributed by atoms with Gasteiger partial charge in [-0.25, -0.2) is 4.79 Å². The van der Waals surface area contributed by atoms with Crippen molar-refractivity contribution in [3.8, 4) is 0 Å². The van der Waals surface area contributed by atoms with Crippen molar-refractivity contribution >= 4 is 41.7 Å². The molecule has 1 aliphatic heterocycles. The number of methoxy groups -OCH3 is 1. The minimum Gasteiger partial charge on any atom is -0.492 e. The van der Waals surface area contributed by atoms with Crippen LogP contribution < -0.4 is 5.66 Å². The molecule has 0 amide bonds. The summed E-state index contributed by atoms with van der Waals surface area (Å²) in [5.41, 5.74) is 0.979. The number of nitrogens with zero attached hydrogens (tertiary/aromatic N) is 1.